The Morgan fingerprint density at radius 3 is 2.80 bits per heavy atom. The predicted molar refractivity (Wildman–Crippen MR) is 91.5 cm³/mol. The number of aliphatic imine (C=N–C) groups is 1. The third-order valence-electron chi connectivity index (χ3n) is 4.58. The number of nitrogens with one attached hydrogen (secondary N) is 1. The van der Waals surface area contributed by atoms with Gasteiger partial charge < -0.3 is 14.8 Å². The van der Waals surface area contributed by atoms with Crippen molar-refractivity contribution in [3.63, 3.8) is 0 Å². The van der Waals surface area contributed by atoms with Crippen LogP contribution < -0.4 is 5.32 Å². The monoisotopic (exact) mass is 389 g/mol. The molecule has 2 aliphatic rings. The molecule has 1 N–H and O–H groups in total. The highest BCUT2D eigenvalue weighted by Crippen LogP contribution is 2.47. The number of guanidine groups is 1. The molecule has 1 spiro atoms. The Bertz CT molecular complexity index is 438. The normalized spacial score (nSPS) is 20.6. The maximum atomic E-state index is 4.42. The lowest BCUT2D eigenvalue weighted by atomic mass is 9.68. The first-order valence-electron chi connectivity index (χ1n) is 7.23. The summed E-state index contributed by atoms with van der Waals surface area (Å²) in [5, 5.41) is 3.46. The van der Waals surface area contributed by atoms with Crippen molar-refractivity contribution in [2.75, 3.05) is 26.7 Å². The predicted octanol–water partition coefficient (Wildman–Crippen LogP) is 1.95. The minimum Gasteiger partial charge on any atom is -0.354 e. The van der Waals surface area contributed by atoms with E-state index in [1.54, 1.807) is 0 Å². The van der Waals surface area contributed by atoms with E-state index in [-0.39, 0.29) is 24.0 Å². The molecule has 112 valence electrons. The van der Waals surface area contributed by atoms with E-state index in [4.69, 9.17) is 0 Å². The summed E-state index contributed by atoms with van der Waals surface area (Å²) >= 11 is 0. The van der Waals surface area contributed by atoms with Crippen LogP contribution >= 0.6 is 24.0 Å². The Morgan fingerprint density at radius 1 is 1.40 bits per heavy atom. The molecule has 1 aliphatic heterocycles. The van der Waals surface area contributed by atoms with Crippen LogP contribution in [0.4, 0.5) is 0 Å². The van der Waals surface area contributed by atoms with Crippen LogP contribution in [0.1, 0.15) is 25.7 Å². The first-order valence-corrected chi connectivity index (χ1v) is 7.23. The van der Waals surface area contributed by atoms with Crippen LogP contribution in [0.5, 0.6) is 0 Å². The van der Waals surface area contributed by atoms with Crippen LogP contribution in [0.25, 0.3) is 0 Å². The van der Waals surface area contributed by atoms with Crippen molar-refractivity contribution >= 4 is 29.9 Å². The van der Waals surface area contributed by atoms with Gasteiger partial charge >= 0.3 is 0 Å². The number of imidazole rings is 1. The van der Waals surface area contributed by atoms with Gasteiger partial charge in [-0.05, 0) is 24.7 Å². The fraction of sp³-hybridized carbons (Fsp3) is 0.714. The average Bonchev–Trinajstić information content (AvgIpc) is 3.03. The van der Waals surface area contributed by atoms with E-state index in [0.717, 1.165) is 25.6 Å². The summed E-state index contributed by atoms with van der Waals surface area (Å²) in [6.07, 6.45) is 11.2. The molecule has 2 fully saturated rings. The van der Waals surface area contributed by atoms with E-state index in [2.05, 4.69) is 24.8 Å². The third-order valence-corrected chi connectivity index (χ3v) is 4.58. The highest BCUT2D eigenvalue weighted by atomic mass is 127. The molecule has 1 saturated carbocycles. The lowest BCUT2D eigenvalue weighted by Gasteiger charge is -2.38. The van der Waals surface area contributed by atoms with Crippen molar-refractivity contribution in [1.29, 1.82) is 0 Å². The number of nitrogens with zero attached hydrogens (tertiary/aromatic N) is 4. The lowest BCUT2D eigenvalue weighted by Crippen LogP contribution is -2.43. The second kappa shape index (κ2) is 6.78. The Labute approximate surface area is 137 Å². The van der Waals surface area contributed by atoms with Gasteiger partial charge in [-0.3, -0.25) is 4.99 Å². The van der Waals surface area contributed by atoms with E-state index < -0.39 is 0 Å². The maximum Gasteiger partial charge on any atom is 0.193 e. The van der Waals surface area contributed by atoms with Crippen molar-refractivity contribution < 1.29 is 0 Å². The van der Waals surface area contributed by atoms with Crippen molar-refractivity contribution in [1.82, 2.24) is 19.8 Å². The molecule has 3 rings (SSSR count). The van der Waals surface area contributed by atoms with Gasteiger partial charge in [-0.1, -0.05) is 6.42 Å². The minimum absolute atomic E-state index is 0. The Hall–Kier alpha value is -0.790. The van der Waals surface area contributed by atoms with Crippen LogP contribution in [0.2, 0.25) is 0 Å². The molecule has 0 atom stereocenters. The van der Waals surface area contributed by atoms with Gasteiger partial charge in [0.25, 0.3) is 0 Å². The first-order chi connectivity index (χ1) is 9.31. The Balaban J connectivity index is 0.00000147. The standard InChI is InChI=1S/C14H23N5.HI/c1-15-13(17-7-10-18-9-6-16-12-18)19-8-5-14(11-19)3-2-4-14;/h6,9,12H,2-5,7-8,10-11H2,1H3,(H,15,17);1H. The quantitative estimate of drug-likeness (QED) is 0.489. The molecule has 1 aromatic rings. The maximum absolute atomic E-state index is 4.42. The SMILES string of the molecule is CN=C(NCCn1ccnc1)N1CCC2(CCC2)C1.I. The van der Waals surface area contributed by atoms with E-state index in [9.17, 15) is 0 Å². The number of hydrogen-bond donors (Lipinski definition) is 1. The Kier molecular flexibility index (Phi) is 5.29. The molecule has 2 heterocycles. The Morgan fingerprint density at radius 2 is 2.25 bits per heavy atom. The number of aromatic nitrogens is 2. The van der Waals surface area contributed by atoms with Gasteiger partial charge in [0.15, 0.2) is 5.96 Å². The highest BCUT2D eigenvalue weighted by Gasteiger charge is 2.43. The molecule has 0 unspecified atom stereocenters. The van der Waals surface area contributed by atoms with Crippen molar-refractivity contribution in [2.24, 2.45) is 10.4 Å². The highest BCUT2D eigenvalue weighted by molar-refractivity contribution is 14.0. The topological polar surface area (TPSA) is 45.5 Å². The van der Waals surface area contributed by atoms with E-state index >= 15 is 0 Å². The fourth-order valence-corrected chi connectivity index (χ4v) is 3.25. The number of halogens is 1. The van der Waals surface area contributed by atoms with Gasteiger partial charge in [0.05, 0.1) is 6.33 Å². The summed E-state index contributed by atoms with van der Waals surface area (Å²) in [5.41, 5.74) is 0.627. The van der Waals surface area contributed by atoms with Crippen molar-refractivity contribution in [3.8, 4) is 0 Å². The summed E-state index contributed by atoms with van der Waals surface area (Å²) in [7, 11) is 1.88. The molecular weight excluding hydrogens is 365 g/mol. The van der Waals surface area contributed by atoms with E-state index in [1.165, 1.54) is 32.2 Å². The van der Waals surface area contributed by atoms with Crippen LogP contribution in [0, 0.1) is 5.41 Å². The molecule has 1 aromatic heterocycles. The second-order valence-corrected chi connectivity index (χ2v) is 5.80. The van der Waals surface area contributed by atoms with Gasteiger partial charge in [-0.15, -0.1) is 24.0 Å². The largest absolute Gasteiger partial charge is 0.354 e. The summed E-state index contributed by atoms with van der Waals surface area (Å²) in [6, 6.07) is 0. The zero-order chi connectivity index (χ0) is 13.1. The fourth-order valence-electron chi connectivity index (χ4n) is 3.25. The number of hydrogen-bond acceptors (Lipinski definition) is 2. The van der Waals surface area contributed by atoms with Crippen LogP contribution in [-0.4, -0.2) is 47.1 Å². The summed E-state index contributed by atoms with van der Waals surface area (Å²) in [5.74, 6) is 1.06. The van der Waals surface area contributed by atoms with Crippen molar-refractivity contribution in [2.45, 2.75) is 32.2 Å². The summed E-state index contributed by atoms with van der Waals surface area (Å²) < 4.78 is 2.08. The molecule has 0 radical (unpaired) electrons. The van der Waals surface area contributed by atoms with Gasteiger partial charge in [0, 0.05) is 45.6 Å². The van der Waals surface area contributed by atoms with Gasteiger partial charge in [0.1, 0.15) is 0 Å². The summed E-state index contributed by atoms with van der Waals surface area (Å²) in [6.45, 7) is 4.17. The zero-order valence-electron chi connectivity index (χ0n) is 12.1. The molecule has 20 heavy (non-hydrogen) atoms. The van der Waals surface area contributed by atoms with Crippen LogP contribution in [0.3, 0.4) is 0 Å². The van der Waals surface area contributed by atoms with Gasteiger partial charge in [-0.2, -0.15) is 0 Å². The molecule has 6 heteroatoms. The third kappa shape index (κ3) is 3.27. The molecule has 0 bridgehead atoms. The summed E-state index contributed by atoms with van der Waals surface area (Å²) in [4.78, 5) is 10.9. The number of rotatable bonds is 3. The number of likely N-dealkylation sites (tertiary alicyclic amines) is 1. The van der Waals surface area contributed by atoms with Crippen LogP contribution in [-0.2, 0) is 6.54 Å². The molecular formula is C14H24IN5. The van der Waals surface area contributed by atoms with E-state index in [1.807, 2.05) is 25.8 Å². The first kappa shape index (κ1) is 15.6. The molecule has 1 aliphatic carbocycles. The lowest BCUT2D eigenvalue weighted by molar-refractivity contribution is 0.151. The minimum atomic E-state index is 0. The van der Waals surface area contributed by atoms with E-state index in [0.29, 0.717) is 5.41 Å². The zero-order valence-corrected chi connectivity index (χ0v) is 14.4. The van der Waals surface area contributed by atoms with Gasteiger partial charge in [-0.25, -0.2) is 4.98 Å². The molecule has 1 saturated heterocycles. The average molecular weight is 389 g/mol. The molecule has 0 aromatic carbocycles. The van der Waals surface area contributed by atoms with Crippen molar-refractivity contribution in [3.05, 3.63) is 18.7 Å². The molecule has 5 nitrogen and oxygen atoms in total. The van der Waals surface area contributed by atoms with Crippen LogP contribution in [0.15, 0.2) is 23.7 Å². The second-order valence-electron chi connectivity index (χ2n) is 5.80. The molecule has 0 amide bonds. The smallest absolute Gasteiger partial charge is 0.193 e. The van der Waals surface area contributed by atoms with Gasteiger partial charge in [0.2, 0.25) is 0 Å².